The number of carbonyl (C=O) groups is 1. The summed E-state index contributed by atoms with van der Waals surface area (Å²) in [6.45, 7) is 0. The summed E-state index contributed by atoms with van der Waals surface area (Å²) in [5, 5.41) is 14.2. The van der Waals surface area contributed by atoms with Crippen molar-refractivity contribution in [3.63, 3.8) is 0 Å². The molecule has 0 radical (unpaired) electrons. The van der Waals surface area contributed by atoms with Gasteiger partial charge in [-0.2, -0.15) is 5.10 Å². The highest BCUT2D eigenvalue weighted by molar-refractivity contribution is 9.10. The number of amides is 1. The van der Waals surface area contributed by atoms with Gasteiger partial charge in [-0.1, -0.05) is 87.3 Å². The maximum atomic E-state index is 12.4. The molecule has 10 heteroatoms. The fourth-order valence-electron chi connectivity index (χ4n) is 2.90. The highest BCUT2D eigenvalue weighted by Gasteiger charge is 2.17. The van der Waals surface area contributed by atoms with E-state index < -0.39 is 0 Å². The molecule has 4 rings (SSSR count). The van der Waals surface area contributed by atoms with Crippen LogP contribution in [0.5, 0.6) is 0 Å². The number of nitrogens with one attached hydrogen (secondary N) is 1. The molecule has 0 saturated heterocycles. The molecule has 0 saturated carbocycles. The number of hydrogen-bond acceptors (Lipinski definition) is 5. The second kappa shape index (κ2) is 11.0. The molecule has 1 aromatic heterocycles. The molecule has 0 aliphatic carbocycles. The number of halogens is 3. The fraction of sp³-hybridized carbons (Fsp3) is 0.0435. The maximum Gasteiger partial charge on any atom is 0.250 e. The zero-order valence-corrected chi connectivity index (χ0v) is 20.9. The number of thioether (sulfide) groups is 1. The van der Waals surface area contributed by atoms with E-state index in [1.807, 2.05) is 59.2 Å². The van der Waals surface area contributed by atoms with Crippen molar-refractivity contribution in [2.24, 2.45) is 5.10 Å². The first-order chi connectivity index (χ1) is 16.0. The zero-order valence-electron chi connectivity index (χ0n) is 17.0. The first-order valence-corrected chi connectivity index (χ1v) is 12.2. The molecule has 33 heavy (non-hydrogen) atoms. The minimum atomic E-state index is -0.284. The molecular formula is C23H16BrCl2N5OS. The number of hydrogen-bond donors (Lipinski definition) is 1. The van der Waals surface area contributed by atoms with Crippen LogP contribution in [0.15, 0.2) is 87.5 Å². The second-order valence-electron chi connectivity index (χ2n) is 6.73. The van der Waals surface area contributed by atoms with E-state index in [0.717, 1.165) is 15.7 Å². The summed E-state index contributed by atoms with van der Waals surface area (Å²) in [6.07, 6.45) is 1.47. The SMILES string of the molecule is O=C(CSc1nnc(-c2ccccc2)n1-c1ccc(Br)cc1)N/N=C\c1ccc(Cl)cc1Cl. The maximum absolute atomic E-state index is 12.4. The van der Waals surface area contributed by atoms with E-state index in [4.69, 9.17) is 23.2 Å². The lowest BCUT2D eigenvalue weighted by molar-refractivity contribution is -0.118. The highest BCUT2D eigenvalue weighted by Crippen LogP contribution is 2.28. The topological polar surface area (TPSA) is 72.2 Å². The van der Waals surface area contributed by atoms with Gasteiger partial charge in [-0.05, 0) is 36.4 Å². The van der Waals surface area contributed by atoms with Gasteiger partial charge in [-0.15, -0.1) is 10.2 Å². The third-order valence-electron chi connectivity index (χ3n) is 4.44. The Morgan fingerprint density at radius 3 is 2.55 bits per heavy atom. The van der Waals surface area contributed by atoms with Crippen LogP contribution in [0.3, 0.4) is 0 Å². The van der Waals surface area contributed by atoms with Crippen LogP contribution in [-0.2, 0) is 4.79 Å². The summed E-state index contributed by atoms with van der Waals surface area (Å²) in [5.41, 5.74) is 4.97. The number of benzene rings is 3. The molecule has 0 fully saturated rings. The molecule has 0 unspecified atom stereocenters. The van der Waals surface area contributed by atoms with E-state index in [1.54, 1.807) is 18.2 Å². The summed E-state index contributed by atoms with van der Waals surface area (Å²) in [7, 11) is 0. The molecule has 1 heterocycles. The van der Waals surface area contributed by atoms with Gasteiger partial charge >= 0.3 is 0 Å². The minimum absolute atomic E-state index is 0.106. The first kappa shape index (κ1) is 23.5. The minimum Gasteiger partial charge on any atom is -0.272 e. The van der Waals surface area contributed by atoms with Crippen LogP contribution in [0, 0.1) is 0 Å². The van der Waals surface area contributed by atoms with Crippen LogP contribution >= 0.6 is 50.9 Å². The Morgan fingerprint density at radius 2 is 1.82 bits per heavy atom. The predicted octanol–water partition coefficient (Wildman–Crippen LogP) is 6.25. The normalized spacial score (nSPS) is 11.1. The molecule has 166 valence electrons. The third-order valence-corrected chi connectivity index (χ3v) is 6.46. The molecule has 6 nitrogen and oxygen atoms in total. The smallest absolute Gasteiger partial charge is 0.250 e. The monoisotopic (exact) mass is 559 g/mol. The molecule has 0 bridgehead atoms. The largest absolute Gasteiger partial charge is 0.272 e. The van der Waals surface area contributed by atoms with Crippen LogP contribution in [0.2, 0.25) is 10.0 Å². The van der Waals surface area contributed by atoms with E-state index in [-0.39, 0.29) is 11.7 Å². The Kier molecular flexibility index (Phi) is 7.82. The lowest BCUT2D eigenvalue weighted by Gasteiger charge is -2.10. The molecule has 1 N–H and O–H groups in total. The molecule has 1 amide bonds. The standard InChI is InChI=1S/C23H16BrCl2N5OS/c24-17-7-10-19(11-8-17)31-22(15-4-2-1-3-5-15)29-30-23(31)33-14-21(32)28-27-13-16-6-9-18(25)12-20(16)26/h1-13H,14H2,(H,28,32)/b27-13-. The number of hydrazone groups is 1. The Balaban J connectivity index is 1.49. The molecule has 0 atom stereocenters. The number of carbonyl (C=O) groups excluding carboxylic acids is 1. The predicted molar refractivity (Wildman–Crippen MR) is 137 cm³/mol. The number of nitrogens with zero attached hydrogens (tertiary/aromatic N) is 4. The fourth-order valence-corrected chi connectivity index (χ4v) is 4.37. The summed E-state index contributed by atoms with van der Waals surface area (Å²) in [6, 6.07) is 22.6. The Hall–Kier alpha value is -2.65. The molecule has 4 aromatic rings. The van der Waals surface area contributed by atoms with Gasteiger partial charge in [-0.3, -0.25) is 9.36 Å². The summed E-state index contributed by atoms with van der Waals surface area (Å²) >= 11 is 16.7. The molecular weight excluding hydrogens is 545 g/mol. The van der Waals surface area contributed by atoms with E-state index >= 15 is 0 Å². The van der Waals surface area contributed by atoms with Crippen molar-refractivity contribution in [1.82, 2.24) is 20.2 Å². The van der Waals surface area contributed by atoms with Crippen molar-refractivity contribution < 1.29 is 4.79 Å². The number of aromatic nitrogens is 3. The van der Waals surface area contributed by atoms with Gasteiger partial charge in [0.25, 0.3) is 5.91 Å². The van der Waals surface area contributed by atoms with Gasteiger partial charge < -0.3 is 0 Å². The molecule has 0 aliphatic heterocycles. The Labute approximate surface area is 213 Å². The van der Waals surface area contributed by atoms with Crippen molar-refractivity contribution in [2.75, 3.05) is 5.75 Å². The van der Waals surface area contributed by atoms with E-state index in [2.05, 4.69) is 36.7 Å². The lowest BCUT2D eigenvalue weighted by Crippen LogP contribution is -2.20. The summed E-state index contributed by atoms with van der Waals surface area (Å²) in [5.74, 6) is 0.513. The van der Waals surface area contributed by atoms with Gasteiger partial charge in [0.2, 0.25) is 0 Å². The van der Waals surface area contributed by atoms with Crippen LogP contribution < -0.4 is 5.43 Å². The van der Waals surface area contributed by atoms with Crippen molar-refractivity contribution >= 4 is 63.0 Å². The van der Waals surface area contributed by atoms with Crippen molar-refractivity contribution in [2.45, 2.75) is 5.16 Å². The first-order valence-electron chi connectivity index (χ1n) is 9.68. The van der Waals surface area contributed by atoms with Gasteiger partial charge in [-0.25, -0.2) is 5.43 Å². The van der Waals surface area contributed by atoms with Crippen LogP contribution in [0.4, 0.5) is 0 Å². The lowest BCUT2D eigenvalue weighted by atomic mass is 10.2. The van der Waals surface area contributed by atoms with Gasteiger partial charge in [0.15, 0.2) is 11.0 Å². The third kappa shape index (κ3) is 6.03. The van der Waals surface area contributed by atoms with E-state index in [1.165, 1.54) is 18.0 Å². The average Bonchev–Trinajstić information content (AvgIpc) is 3.24. The van der Waals surface area contributed by atoms with Crippen molar-refractivity contribution in [3.05, 3.63) is 92.9 Å². The molecule has 0 aliphatic rings. The van der Waals surface area contributed by atoms with Gasteiger partial charge in [0, 0.05) is 26.3 Å². The number of rotatable bonds is 7. The quantitative estimate of drug-likeness (QED) is 0.165. The van der Waals surface area contributed by atoms with Crippen LogP contribution in [0.25, 0.3) is 17.1 Å². The summed E-state index contributed by atoms with van der Waals surface area (Å²) in [4.78, 5) is 12.4. The molecule has 3 aromatic carbocycles. The Bertz CT molecular complexity index is 1300. The van der Waals surface area contributed by atoms with E-state index in [9.17, 15) is 4.79 Å². The van der Waals surface area contributed by atoms with Crippen LogP contribution in [0.1, 0.15) is 5.56 Å². The van der Waals surface area contributed by atoms with Crippen molar-refractivity contribution in [1.29, 1.82) is 0 Å². The van der Waals surface area contributed by atoms with Crippen LogP contribution in [-0.4, -0.2) is 32.6 Å². The summed E-state index contributed by atoms with van der Waals surface area (Å²) < 4.78 is 2.89. The van der Waals surface area contributed by atoms with Gasteiger partial charge in [0.05, 0.1) is 17.0 Å². The molecule has 0 spiro atoms. The Morgan fingerprint density at radius 1 is 1.06 bits per heavy atom. The average molecular weight is 561 g/mol. The zero-order chi connectivity index (χ0) is 23.2. The van der Waals surface area contributed by atoms with E-state index in [0.29, 0.717) is 26.6 Å². The van der Waals surface area contributed by atoms with Crippen molar-refractivity contribution in [3.8, 4) is 17.1 Å². The second-order valence-corrected chi connectivity index (χ2v) is 9.43. The highest BCUT2D eigenvalue weighted by atomic mass is 79.9. The van der Waals surface area contributed by atoms with Gasteiger partial charge in [0.1, 0.15) is 0 Å².